The van der Waals surface area contributed by atoms with Gasteiger partial charge in [-0.3, -0.25) is 14.5 Å². The molecule has 0 aromatic carbocycles. The van der Waals surface area contributed by atoms with Crippen molar-refractivity contribution in [2.24, 2.45) is 0 Å². The Morgan fingerprint density at radius 2 is 2.35 bits per heavy atom. The number of anilines is 1. The van der Waals surface area contributed by atoms with Gasteiger partial charge in [-0.25, -0.2) is 4.98 Å². The Kier molecular flexibility index (Phi) is 4.92. The van der Waals surface area contributed by atoms with E-state index in [0.717, 1.165) is 19.3 Å². The molecule has 1 aliphatic heterocycles. The smallest absolute Gasteiger partial charge is 0.266 e. The van der Waals surface area contributed by atoms with Crippen molar-refractivity contribution in [3.05, 3.63) is 18.3 Å². The van der Waals surface area contributed by atoms with E-state index in [1.807, 2.05) is 0 Å². The van der Waals surface area contributed by atoms with Crippen molar-refractivity contribution in [2.45, 2.75) is 26.2 Å². The Hall–Kier alpha value is -2.11. The molecule has 0 unspecified atom stereocenters. The van der Waals surface area contributed by atoms with E-state index in [9.17, 15) is 9.59 Å². The third-order valence-corrected chi connectivity index (χ3v) is 3.06. The second-order valence-corrected chi connectivity index (χ2v) is 4.65. The lowest BCUT2D eigenvalue weighted by molar-refractivity contribution is -0.125. The Bertz CT molecular complexity index is 490. The molecule has 0 bridgehead atoms. The normalized spacial score (nSPS) is 13.7. The van der Waals surface area contributed by atoms with Crippen molar-refractivity contribution in [3.8, 4) is 5.75 Å². The second-order valence-electron chi connectivity index (χ2n) is 4.65. The van der Waals surface area contributed by atoms with Gasteiger partial charge < -0.3 is 10.1 Å². The van der Waals surface area contributed by atoms with Gasteiger partial charge in [0.05, 0.1) is 0 Å². The molecule has 0 spiro atoms. The summed E-state index contributed by atoms with van der Waals surface area (Å²) in [4.78, 5) is 29.2. The number of fused-ring (bicyclic) bond motifs is 1. The fraction of sp³-hybridized carbons (Fsp3) is 0.500. The molecule has 1 aliphatic rings. The molecule has 0 saturated heterocycles. The highest BCUT2D eigenvalue weighted by Crippen LogP contribution is 2.28. The lowest BCUT2D eigenvalue weighted by atomic mass is 10.2. The highest BCUT2D eigenvalue weighted by molar-refractivity contribution is 6.01. The van der Waals surface area contributed by atoms with E-state index < -0.39 is 0 Å². The van der Waals surface area contributed by atoms with Gasteiger partial charge in [0.25, 0.3) is 5.91 Å². The van der Waals surface area contributed by atoms with Gasteiger partial charge in [-0.15, -0.1) is 0 Å². The Balaban J connectivity index is 1.94. The zero-order valence-corrected chi connectivity index (χ0v) is 11.6. The van der Waals surface area contributed by atoms with Gasteiger partial charge in [0.2, 0.25) is 5.91 Å². The molecule has 0 aliphatic carbocycles. The van der Waals surface area contributed by atoms with Crippen molar-refractivity contribution in [3.63, 3.8) is 0 Å². The van der Waals surface area contributed by atoms with Crippen LogP contribution in [0.4, 0.5) is 5.82 Å². The highest BCUT2D eigenvalue weighted by Gasteiger charge is 2.28. The van der Waals surface area contributed by atoms with E-state index in [0.29, 0.717) is 18.1 Å². The summed E-state index contributed by atoms with van der Waals surface area (Å²) in [5.41, 5.74) is 0. The first kappa shape index (κ1) is 14.3. The third-order valence-electron chi connectivity index (χ3n) is 3.06. The van der Waals surface area contributed by atoms with E-state index >= 15 is 0 Å². The number of aromatic nitrogens is 1. The van der Waals surface area contributed by atoms with Crippen molar-refractivity contribution >= 4 is 17.6 Å². The zero-order chi connectivity index (χ0) is 14.4. The summed E-state index contributed by atoms with van der Waals surface area (Å²) in [6, 6.07) is 3.47. The number of unbranched alkanes of at least 4 members (excludes halogenated alkanes) is 2. The fourth-order valence-electron chi connectivity index (χ4n) is 2.00. The van der Waals surface area contributed by atoms with Crippen LogP contribution in [0.3, 0.4) is 0 Å². The molecular formula is C14H19N3O3. The summed E-state index contributed by atoms with van der Waals surface area (Å²) in [6.45, 7) is 2.68. The van der Waals surface area contributed by atoms with Gasteiger partial charge in [-0.2, -0.15) is 0 Å². The lowest BCUT2D eigenvalue weighted by Crippen LogP contribution is -2.45. The fourth-order valence-corrected chi connectivity index (χ4v) is 2.00. The predicted molar refractivity (Wildman–Crippen MR) is 74.6 cm³/mol. The molecule has 6 nitrogen and oxygen atoms in total. The summed E-state index contributed by atoms with van der Waals surface area (Å²) >= 11 is 0. The van der Waals surface area contributed by atoms with Gasteiger partial charge in [-0.05, 0) is 18.6 Å². The van der Waals surface area contributed by atoms with Crippen LogP contribution in [0.2, 0.25) is 0 Å². The molecule has 0 atom stereocenters. The molecule has 0 saturated carbocycles. The van der Waals surface area contributed by atoms with Crippen molar-refractivity contribution < 1.29 is 14.3 Å². The maximum absolute atomic E-state index is 11.9. The molecule has 2 amide bonds. The standard InChI is InChI=1S/C14H19N3O3/c1-2-3-4-7-15-12(18)9-17-13(19)10-20-11-6-5-8-16-14(11)17/h5-6,8H,2-4,7,9-10H2,1H3,(H,15,18). The average molecular weight is 277 g/mol. The Morgan fingerprint density at radius 3 is 3.15 bits per heavy atom. The third kappa shape index (κ3) is 3.46. The molecule has 20 heavy (non-hydrogen) atoms. The summed E-state index contributed by atoms with van der Waals surface area (Å²) in [7, 11) is 0. The number of rotatable bonds is 6. The van der Waals surface area contributed by atoms with E-state index in [1.54, 1.807) is 18.3 Å². The lowest BCUT2D eigenvalue weighted by Gasteiger charge is -2.27. The van der Waals surface area contributed by atoms with Crippen LogP contribution in [0.25, 0.3) is 0 Å². The molecule has 0 fully saturated rings. The second kappa shape index (κ2) is 6.88. The average Bonchev–Trinajstić information content (AvgIpc) is 2.47. The van der Waals surface area contributed by atoms with Gasteiger partial charge in [0.15, 0.2) is 18.2 Å². The number of ether oxygens (including phenoxy) is 1. The molecule has 1 N–H and O–H groups in total. The number of amides is 2. The van der Waals surface area contributed by atoms with E-state index in [-0.39, 0.29) is 25.0 Å². The molecule has 2 heterocycles. The monoisotopic (exact) mass is 277 g/mol. The van der Waals surface area contributed by atoms with Crippen LogP contribution in [0.15, 0.2) is 18.3 Å². The molecule has 0 radical (unpaired) electrons. The maximum Gasteiger partial charge on any atom is 0.266 e. The quantitative estimate of drug-likeness (QED) is 0.791. The van der Waals surface area contributed by atoms with Gasteiger partial charge >= 0.3 is 0 Å². The van der Waals surface area contributed by atoms with Crippen LogP contribution in [0.1, 0.15) is 26.2 Å². The van der Waals surface area contributed by atoms with Crippen LogP contribution in [0, 0.1) is 0 Å². The number of nitrogens with one attached hydrogen (secondary N) is 1. The minimum atomic E-state index is -0.250. The van der Waals surface area contributed by atoms with Crippen LogP contribution < -0.4 is 15.0 Å². The van der Waals surface area contributed by atoms with E-state index in [4.69, 9.17) is 4.74 Å². The number of nitrogens with zero attached hydrogens (tertiary/aromatic N) is 2. The van der Waals surface area contributed by atoms with Gasteiger partial charge in [0.1, 0.15) is 6.54 Å². The maximum atomic E-state index is 11.9. The molecule has 1 aromatic heterocycles. The molecule has 108 valence electrons. The number of pyridine rings is 1. The summed E-state index contributed by atoms with van der Waals surface area (Å²) in [5.74, 6) is 0.520. The molecule has 2 rings (SSSR count). The van der Waals surface area contributed by atoms with Crippen LogP contribution >= 0.6 is 0 Å². The number of carbonyl (C=O) groups is 2. The minimum absolute atomic E-state index is 0.0155. The van der Waals surface area contributed by atoms with Gasteiger partial charge in [-0.1, -0.05) is 19.8 Å². The van der Waals surface area contributed by atoms with Crippen molar-refractivity contribution in [1.29, 1.82) is 0 Å². The van der Waals surface area contributed by atoms with E-state index in [2.05, 4.69) is 17.2 Å². The number of hydrogen-bond acceptors (Lipinski definition) is 4. The van der Waals surface area contributed by atoms with Crippen LogP contribution in [0.5, 0.6) is 5.75 Å². The number of hydrogen-bond donors (Lipinski definition) is 1. The predicted octanol–water partition coefficient (Wildman–Crippen LogP) is 1.11. The highest BCUT2D eigenvalue weighted by atomic mass is 16.5. The first-order valence-electron chi connectivity index (χ1n) is 6.87. The minimum Gasteiger partial charge on any atom is -0.480 e. The van der Waals surface area contributed by atoms with Gasteiger partial charge in [0, 0.05) is 12.7 Å². The largest absolute Gasteiger partial charge is 0.480 e. The summed E-state index contributed by atoms with van der Waals surface area (Å²) in [5, 5.41) is 2.81. The Morgan fingerprint density at radius 1 is 1.50 bits per heavy atom. The van der Waals surface area contributed by atoms with Crippen molar-refractivity contribution in [1.82, 2.24) is 10.3 Å². The SMILES string of the molecule is CCCCCNC(=O)CN1C(=O)COc2cccnc21. The molecular weight excluding hydrogens is 258 g/mol. The first-order valence-corrected chi connectivity index (χ1v) is 6.87. The first-order chi connectivity index (χ1) is 9.72. The van der Waals surface area contributed by atoms with Crippen LogP contribution in [-0.4, -0.2) is 36.5 Å². The molecule has 1 aromatic rings. The summed E-state index contributed by atoms with van der Waals surface area (Å²) in [6.07, 6.45) is 4.72. The van der Waals surface area contributed by atoms with Crippen LogP contribution in [-0.2, 0) is 9.59 Å². The molecule has 6 heteroatoms. The summed E-state index contributed by atoms with van der Waals surface area (Å²) < 4.78 is 5.28. The van der Waals surface area contributed by atoms with Crippen molar-refractivity contribution in [2.75, 3.05) is 24.6 Å². The Labute approximate surface area is 118 Å². The topological polar surface area (TPSA) is 71.5 Å². The van der Waals surface area contributed by atoms with E-state index in [1.165, 1.54) is 4.90 Å². The number of carbonyl (C=O) groups excluding carboxylic acids is 2. The zero-order valence-electron chi connectivity index (χ0n) is 11.6.